The second-order valence-corrected chi connectivity index (χ2v) is 7.87. The summed E-state index contributed by atoms with van der Waals surface area (Å²) in [6.07, 6.45) is 2.00. The fraction of sp³-hybridized carbons (Fsp3) is 0.235. The molecule has 0 fully saturated rings. The van der Waals surface area contributed by atoms with E-state index >= 15 is 0 Å². The molecule has 0 aliphatic carbocycles. The minimum absolute atomic E-state index is 0.0742. The van der Waals surface area contributed by atoms with Gasteiger partial charge in [-0.2, -0.15) is 0 Å². The summed E-state index contributed by atoms with van der Waals surface area (Å²) in [5.41, 5.74) is 5.59. The van der Waals surface area contributed by atoms with E-state index < -0.39 is 0 Å². The van der Waals surface area contributed by atoms with Crippen LogP contribution in [0.1, 0.15) is 63.0 Å². The van der Waals surface area contributed by atoms with Gasteiger partial charge in [-0.3, -0.25) is 4.79 Å². The molecule has 4 aromatic carbocycles. The lowest BCUT2D eigenvalue weighted by molar-refractivity contribution is 0.102. The first-order valence-corrected chi connectivity index (χ1v) is 13.7. The van der Waals surface area contributed by atoms with Crippen LogP contribution in [0.25, 0.3) is 0 Å². The molecular formula is C34H43N3O2. The van der Waals surface area contributed by atoms with Gasteiger partial charge < -0.3 is 16.0 Å². The van der Waals surface area contributed by atoms with Gasteiger partial charge in [-0.15, -0.1) is 0 Å². The quantitative estimate of drug-likeness (QED) is 0.235. The number of hydrogen-bond donors (Lipinski definition) is 3. The maximum absolute atomic E-state index is 11.9. The van der Waals surface area contributed by atoms with Crippen LogP contribution in [0.15, 0.2) is 109 Å². The van der Waals surface area contributed by atoms with Gasteiger partial charge in [0, 0.05) is 22.6 Å². The van der Waals surface area contributed by atoms with E-state index in [1.165, 1.54) is 11.1 Å². The average Bonchev–Trinajstić information content (AvgIpc) is 3.01. The van der Waals surface area contributed by atoms with Gasteiger partial charge in [-0.25, -0.2) is 4.79 Å². The SMILES string of the molecule is CC.CC.CCc1ccc(NC(=O)Nc2ccccc2)cc1.CCc1ccc(NC(=O)c2ccccc2)cc1. The molecule has 0 spiro atoms. The van der Waals surface area contributed by atoms with Gasteiger partial charge in [0.25, 0.3) is 5.91 Å². The summed E-state index contributed by atoms with van der Waals surface area (Å²) >= 11 is 0. The molecule has 4 rings (SSSR count). The second kappa shape index (κ2) is 19.7. The first kappa shape index (κ1) is 32.6. The molecule has 0 radical (unpaired) electrons. The van der Waals surface area contributed by atoms with Crippen molar-refractivity contribution in [3.8, 4) is 0 Å². The van der Waals surface area contributed by atoms with Crippen molar-refractivity contribution in [2.75, 3.05) is 16.0 Å². The van der Waals surface area contributed by atoms with Crippen LogP contribution in [-0.2, 0) is 12.8 Å². The Morgan fingerprint density at radius 3 is 1.26 bits per heavy atom. The average molecular weight is 526 g/mol. The molecular weight excluding hydrogens is 482 g/mol. The largest absolute Gasteiger partial charge is 0.323 e. The summed E-state index contributed by atoms with van der Waals surface area (Å²) in [6.45, 7) is 12.2. The highest BCUT2D eigenvalue weighted by molar-refractivity contribution is 6.04. The number of carbonyl (C=O) groups is 2. The van der Waals surface area contributed by atoms with Gasteiger partial charge >= 0.3 is 6.03 Å². The number of anilines is 3. The van der Waals surface area contributed by atoms with Crippen molar-refractivity contribution >= 4 is 29.0 Å². The topological polar surface area (TPSA) is 70.2 Å². The van der Waals surface area contributed by atoms with Crippen LogP contribution in [0.3, 0.4) is 0 Å². The van der Waals surface area contributed by atoms with Gasteiger partial charge in [0.05, 0.1) is 0 Å². The molecule has 3 amide bonds. The number of nitrogens with one attached hydrogen (secondary N) is 3. The Morgan fingerprint density at radius 1 is 0.487 bits per heavy atom. The first-order chi connectivity index (χ1) is 19.1. The van der Waals surface area contributed by atoms with Crippen molar-refractivity contribution < 1.29 is 9.59 Å². The molecule has 0 aliphatic heterocycles. The van der Waals surface area contributed by atoms with Crippen LogP contribution < -0.4 is 16.0 Å². The van der Waals surface area contributed by atoms with Gasteiger partial charge in [0.2, 0.25) is 0 Å². The van der Waals surface area contributed by atoms with Gasteiger partial charge in [0.15, 0.2) is 0 Å². The lowest BCUT2D eigenvalue weighted by atomic mass is 10.1. The molecule has 5 nitrogen and oxygen atoms in total. The van der Waals surface area contributed by atoms with E-state index in [1.807, 2.05) is 125 Å². The molecule has 0 aliphatic rings. The molecule has 0 saturated heterocycles. The number of rotatable bonds is 6. The van der Waals surface area contributed by atoms with Gasteiger partial charge in [-0.1, -0.05) is 102 Å². The smallest absolute Gasteiger partial charge is 0.322 e. The van der Waals surface area contributed by atoms with Crippen molar-refractivity contribution in [3.63, 3.8) is 0 Å². The molecule has 0 atom stereocenters. The first-order valence-electron chi connectivity index (χ1n) is 13.7. The Kier molecular flexibility index (Phi) is 16.5. The minimum Gasteiger partial charge on any atom is -0.322 e. The number of carbonyl (C=O) groups excluding carboxylic acids is 2. The Labute approximate surface area is 234 Å². The fourth-order valence-electron chi connectivity index (χ4n) is 3.26. The Morgan fingerprint density at radius 2 is 0.846 bits per heavy atom. The predicted molar refractivity (Wildman–Crippen MR) is 168 cm³/mol. The standard InChI is InChI=1S/C15H16N2O.C15H15NO.2C2H6/c1-2-12-8-10-14(11-9-12)17-15(18)16-13-6-4-3-5-7-13;1-2-12-8-10-14(11-9-12)16-15(17)13-6-4-3-5-7-13;2*1-2/h3-11H,2H2,1H3,(H2,16,17,18);3-11H,2H2,1H3,(H,16,17);2*1-2H3. The van der Waals surface area contributed by atoms with Crippen molar-refractivity contribution in [2.24, 2.45) is 0 Å². The third-order valence-corrected chi connectivity index (χ3v) is 5.31. The van der Waals surface area contributed by atoms with E-state index in [1.54, 1.807) is 12.1 Å². The summed E-state index contributed by atoms with van der Waals surface area (Å²) in [4.78, 5) is 23.6. The van der Waals surface area contributed by atoms with Gasteiger partial charge in [0.1, 0.15) is 0 Å². The monoisotopic (exact) mass is 525 g/mol. The number of amides is 3. The van der Waals surface area contributed by atoms with E-state index in [0.717, 1.165) is 29.9 Å². The third kappa shape index (κ3) is 12.6. The van der Waals surface area contributed by atoms with Crippen LogP contribution in [0, 0.1) is 0 Å². The molecule has 206 valence electrons. The highest BCUT2D eigenvalue weighted by Gasteiger charge is 2.04. The summed E-state index contributed by atoms with van der Waals surface area (Å²) in [5, 5.41) is 8.43. The fourth-order valence-corrected chi connectivity index (χ4v) is 3.26. The molecule has 0 unspecified atom stereocenters. The van der Waals surface area contributed by atoms with E-state index in [9.17, 15) is 9.59 Å². The molecule has 4 aromatic rings. The number of urea groups is 1. The lowest BCUT2D eigenvalue weighted by Crippen LogP contribution is -2.19. The van der Waals surface area contributed by atoms with Crippen LogP contribution in [0.4, 0.5) is 21.9 Å². The normalized spacial score (nSPS) is 9.18. The van der Waals surface area contributed by atoms with Gasteiger partial charge in [-0.05, 0) is 72.5 Å². The number of aryl methyl sites for hydroxylation is 2. The van der Waals surface area contributed by atoms with Crippen LogP contribution in [0.2, 0.25) is 0 Å². The molecule has 39 heavy (non-hydrogen) atoms. The predicted octanol–water partition coefficient (Wildman–Crippen LogP) is 9.45. The molecule has 0 saturated carbocycles. The number of para-hydroxylation sites is 1. The highest BCUT2D eigenvalue weighted by atomic mass is 16.2. The number of benzene rings is 4. The Balaban J connectivity index is 0.000000347. The van der Waals surface area contributed by atoms with E-state index in [0.29, 0.717) is 5.56 Å². The Hall–Kier alpha value is -4.38. The van der Waals surface area contributed by atoms with E-state index in [4.69, 9.17) is 0 Å². The molecule has 3 N–H and O–H groups in total. The number of hydrogen-bond acceptors (Lipinski definition) is 2. The molecule has 5 heteroatoms. The zero-order valence-corrected chi connectivity index (χ0v) is 24.1. The summed E-state index contributed by atoms with van der Waals surface area (Å²) in [6, 6.07) is 34.1. The van der Waals surface area contributed by atoms with Crippen molar-refractivity contribution in [2.45, 2.75) is 54.4 Å². The maximum atomic E-state index is 11.9. The lowest BCUT2D eigenvalue weighted by Gasteiger charge is -2.07. The van der Waals surface area contributed by atoms with Crippen molar-refractivity contribution in [3.05, 3.63) is 126 Å². The summed E-state index contributed by atoms with van der Waals surface area (Å²) in [7, 11) is 0. The van der Waals surface area contributed by atoms with Crippen molar-refractivity contribution in [1.82, 2.24) is 0 Å². The third-order valence-electron chi connectivity index (χ3n) is 5.31. The summed E-state index contributed by atoms with van der Waals surface area (Å²) < 4.78 is 0. The van der Waals surface area contributed by atoms with E-state index in [2.05, 4.69) is 29.8 Å². The van der Waals surface area contributed by atoms with Crippen LogP contribution in [-0.4, -0.2) is 11.9 Å². The minimum atomic E-state index is -0.231. The molecule has 0 bridgehead atoms. The second-order valence-electron chi connectivity index (χ2n) is 7.87. The maximum Gasteiger partial charge on any atom is 0.323 e. The van der Waals surface area contributed by atoms with Crippen LogP contribution in [0.5, 0.6) is 0 Å². The summed E-state index contributed by atoms with van der Waals surface area (Å²) in [5.74, 6) is -0.0742. The molecule has 0 heterocycles. The highest BCUT2D eigenvalue weighted by Crippen LogP contribution is 2.13. The zero-order chi connectivity index (χ0) is 28.9. The van der Waals surface area contributed by atoms with Crippen LogP contribution >= 0.6 is 0 Å². The Bertz CT molecular complexity index is 1190. The zero-order valence-electron chi connectivity index (χ0n) is 24.1. The molecule has 0 aromatic heterocycles. The van der Waals surface area contributed by atoms with E-state index in [-0.39, 0.29) is 11.9 Å². The van der Waals surface area contributed by atoms with Crippen molar-refractivity contribution in [1.29, 1.82) is 0 Å².